The molecule has 0 aliphatic rings. The average molecular weight is 306 g/mol. The van der Waals surface area contributed by atoms with Crippen molar-refractivity contribution < 1.29 is 14.3 Å². The topological polar surface area (TPSA) is 67.8 Å². The Bertz CT molecular complexity index is 620. The van der Waals surface area contributed by atoms with Gasteiger partial charge in [0.1, 0.15) is 0 Å². The van der Waals surface area contributed by atoms with E-state index in [-0.39, 0.29) is 11.6 Å². The van der Waals surface area contributed by atoms with Crippen LogP contribution in [0.2, 0.25) is 0 Å². The van der Waals surface area contributed by atoms with Gasteiger partial charge in [-0.3, -0.25) is 0 Å². The van der Waals surface area contributed by atoms with Crippen molar-refractivity contribution in [1.29, 1.82) is 0 Å². The number of ether oxygens (including phenoxy) is 1. The molecule has 0 aliphatic heterocycles. The molecule has 0 aromatic heterocycles. The molecule has 6 heteroatoms. The van der Waals surface area contributed by atoms with Crippen LogP contribution in [-0.2, 0) is 0 Å². The Morgan fingerprint density at radius 1 is 1.24 bits per heavy atom. The van der Waals surface area contributed by atoms with Crippen molar-refractivity contribution in [3.8, 4) is 5.75 Å². The smallest absolute Gasteiger partial charge is 0.170 e. The number of nitrogens with two attached hydrogens (primary N) is 1. The zero-order valence-corrected chi connectivity index (χ0v) is 12.0. The molecule has 0 saturated carbocycles. The molecule has 2 aromatic carbocycles. The quantitative estimate of drug-likeness (QED) is 0.215. The second kappa shape index (κ2) is 7.54. The Kier molecular flexibility index (Phi) is 5.45. The highest BCUT2D eigenvalue weighted by Gasteiger charge is 2.07. The van der Waals surface area contributed by atoms with Crippen LogP contribution in [0.3, 0.4) is 0 Å². The van der Waals surface area contributed by atoms with Gasteiger partial charge in [0.2, 0.25) is 0 Å². The van der Waals surface area contributed by atoms with Crippen LogP contribution in [0.25, 0.3) is 0 Å². The summed E-state index contributed by atoms with van der Waals surface area (Å²) in [6.45, 7) is 0.388. The summed E-state index contributed by atoms with van der Waals surface area (Å²) >= 11 is 1.64. The predicted molar refractivity (Wildman–Crippen MR) is 81.6 cm³/mol. The van der Waals surface area contributed by atoms with Crippen molar-refractivity contribution in [1.82, 2.24) is 0 Å². The first-order valence-electron chi connectivity index (χ1n) is 6.29. The lowest BCUT2D eigenvalue weighted by Crippen LogP contribution is -2.13. The number of amidine groups is 1. The molecule has 3 N–H and O–H groups in total. The monoisotopic (exact) mass is 306 g/mol. The van der Waals surface area contributed by atoms with Gasteiger partial charge in [-0.25, -0.2) is 4.39 Å². The van der Waals surface area contributed by atoms with Crippen molar-refractivity contribution >= 4 is 17.6 Å². The molecule has 0 aliphatic carbocycles. The molecule has 4 nitrogen and oxygen atoms in total. The van der Waals surface area contributed by atoms with Gasteiger partial charge in [-0.2, -0.15) is 0 Å². The second-order valence-electron chi connectivity index (χ2n) is 4.14. The van der Waals surface area contributed by atoms with Gasteiger partial charge in [-0.1, -0.05) is 23.4 Å². The van der Waals surface area contributed by atoms with E-state index in [4.69, 9.17) is 15.7 Å². The molecular weight excluding hydrogens is 291 g/mol. The summed E-state index contributed by atoms with van der Waals surface area (Å²) in [5, 5.41) is 11.4. The van der Waals surface area contributed by atoms with Crippen molar-refractivity contribution in [3.63, 3.8) is 0 Å². The summed E-state index contributed by atoms with van der Waals surface area (Å²) in [5.74, 6) is 0.188. The Morgan fingerprint density at radius 2 is 2.00 bits per heavy atom. The van der Waals surface area contributed by atoms with Crippen LogP contribution in [0.1, 0.15) is 5.56 Å². The molecule has 0 spiro atoms. The van der Waals surface area contributed by atoms with E-state index < -0.39 is 5.82 Å². The van der Waals surface area contributed by atoms with Crippen LogP contribution in [0.15, 0.2) is 58.6 Å². The van der Waals surface area contributed by atoms with Gasteiger partial charge < -0.3 is 15.7 Å². The molecule has 21 heavy (non-hydrogen) atoms. The Hall–Kier alpha value is -2.21. The fourth-order valence-electron chi connectivity index (χ4n) is 1.66. The summed E-state index contributed by atoms with van der Waals surface area (Å²) in [6, 6.07) is 14.1. The van der Waals surface area contributed by atoms with Gasteiger partial charge >= 0.3 is 0 Å². The normalized spacial score (nSPS) is 11.4. The summed E-state index contributed by atoms with van der Waals surface area (Å²) < 4.78 is 19.2. The molecule has 2 aromatic rings. The number of thioether (sulfide) groups is 1. The molecule has 0 atom stereocenters. The third-order valence-electron chi connectivity index (χ3n) is 2.69. The maximum atomic E-state index is 13.8. The first kappa shape index (κ1) is 15.2. The minimum Gasteiger partial charge on any atom is -0.490 e. The summed E-state index contributed by atoms with van der Waals surface area (Å²) in [5.41, 5.74) is 5.69. The number of benzene rings is 2. The molecule has 0 heterocycles. The van der Waals surface area contributed by atoms with E-state index >= 15 is 0 Å². The highest BCUT2D eigenvalue weighted by Crippen LogP contribution is 2.20. The van der Waals surface area contributed by atoms with Crippen LogP contribution >= 0.6 is 11.8 Å². The van der Waals surface area contributed by atoms with Gasteiger partial charge in [0.05, 0.1) is 6.61 Å². The zero-order chi connectivity index (χ0) is 15.1. The van der Waals surface area contributed by atoms with Gasteiger partial charge in [0.15, 0.2) is 17.4 Å². The SMILES string of the molecule is N/C(=N/O)c1ccc(OCCSc2ccccc2)c(F)c1. The number of hydrogen-bond donors (Lipinski definition) is 2. The molecule has 0 unspecified atom stereocenters. The predicted octanol–water partition coefficient (Wildman–Crippen LogP) is 3.09. The molecular formula is C15H15FN2O2S. The van der Waals surface area contributed by atoms with Crippen LogP contribution in [0.4, 0.5) is 4.39 Å². The number of nitrogens with zero attached hydrogens (tertiary/aromatic N) is 1. The number of rotatable bonds is 6. The third kappa shape index (κ3) is 4.39. The molecule has 0 radical (unpaired) electrons. The highest BCUT2D eigenvalue weighted by atomic mass is 32.2. The third-order valence-corrected chi connectivity index (χ3v) is 3.66. The lowest BCUT2D eigenvalue weighted by Gasteiger charge is -2.08. The van der Waals surface area contributed by atoms with Gasteiger partial charge in [0.25, 0.3) is 0 Å². The van der Waals surface area contributed by atoms with E-state index in [0.717, 1.165) is 4.90 Å². The number of oxime groups is 1. The maximum Gasteiger partial charge on any atom is 0.170 e. The first-order chi connectivity index (χ1) is 10.2. The molecule has 0 fully saturated rings. The fraction of sp³-hybridized carbons (Fsp3) is 0.133. The van der Waals surface area contributed by atoms with Crippen LogP contribution < -0.4 is 10.5 Å². The Balaban J connectivity index is 1.86. The zero-order valence-electron chi connectivity index (χ0n) is 11.2. The van der Waals surface area contributed by atoms with Crippen molar-refractivity contribution in [2.45, 2.75) is 4.90 Å². The lowest BCUT2D eigenvalue weighted by molar-refractivity contribution is 0.318. The molecule has 0 bridgehead atoms. The van der Waals surface area contributed by atoms with Gasteiger partial charge in [0, 0.05) is 16.2 Å². The number of halogens is 1. The van der Waals surface area contributed by atoms with E-state index in [2.05, 4.69) is 5.16 Å². The van der Waals surface area contributed by atoms with E-state index in [1.54, 1.807) is 11.8 Å². The number of hydrogen-bond acceptors (Lipinski definition) is 4. The van der Waals surface area contributed by atoms with Gasteiger partial charge in [-0.05, 0) is 30.3 Å². The maximum absolute atomic E-state index is 13.8. The Labute approximate surface area is 126 Å². The summed E-state index contributed by atoms with van der Waals surface area (Å²) in [4.78, 5) is 1.14. The Morgan fingerprint density at radius 3 is 2.67 bits per heavy atom. The van der Waals surface area contributed by atoms with Crippen molar-refractivity contribution in [2.75, 3.05) is 12.4 Å². The first-order valence-corrected chi connectivity index (χ1v) is 7.27. The second-order valence-corrected chi connectivity index (χ2v) is 5.31. The molecule has 0 saturated heterocycles. The standard InChI is InChI=1S/C15H15FN2O2S/c16-13-10-11(15(17)18-19)6-7-14(13)20-8-9-21-12-4-2-1-3-5-12/h1-7,10,19H,8-9H2,(H2,17,18). The van der Waals surface area contributed by atoms with Crippen LogP contribution in [0.5, 0.6) is 5.75 Å². The van der Waals surface area contributed by atoms with E-state index in [0.29, 0.717) is 17.9 Å². The average Bonchev–Trinajstić information content (AvgIpc) is 2.53. The van der Waals surface area contributed by atoms with E-state index in [1.165, 1.54) is 18.2 Å². The van der Waals surface area contributed by atoms with Crippen molar-refractivity contribution in [3.05, 3.63) is 59.9 Å². The molecule has 0 amide bonds. The van der Waals surface area contributed by atoms with Crippen LogP contribution in [-0.4, -0.2) is 23.4 Å². The van der Waals surface area contributed by atoms with E-state index in [9.17, 15) is 4.39 Å². The highest BCUT2D eigenvalue weighted by molar-refractivity contribution is 7.99. The summed E-state index contributed by atoms with van der Waals surface area (Å²) in [7, 11) is 0. The van der Waals surface area contributed by atoms with Gasteiger partial charge in [-0.15, -0.1) is 11.8 Å². The largest absolute Gasteiger partial charge is 0.490 e. The van der Waals surface area contributed by atoms with Crippen LogP contribution in [0, 0.1) is 5.82 Å². The minimum absolute atomic E-state index is 0.139. The fourth-order valence-corrected chi connectivity index (χ4v) is 2.41. The van der Waals surface area contributed by atoms with E-state index in [1.807, 2.05) is 30.3 Å². The molecule has 110 valence electrons. The summed E-state index contributed by atoms with van der Waals surface area (Å²) in [6.07, 6.45) is 0. The molecule has 2 rings (SSSR count). The minimum atomic E-state index is -0.538. The van der Waals surface area contributed by atoms with Crippen molar-refractivity contribution in [2.24, 2.45) is 10.9 Å². The lowest BCUT2D eigenvalue weighted by atomic mass is 10.2.